The minimum absolute atomic E-state index is 0.153. The third-order valence-electron chi connectivity index (χ3n) is 2.54. The molecule has 0 aliphatic heterocycles. The van der Waals surface area contributed by atoms with Crippen LogP contribution in [-0.4, -0.2) is 0 Å². The van der Waals surface area contributed by atoms with Gasteiger partial charge in [0.2, 0.25) is 0 Å². The number of halogens is 1. The Morgan fingerprint density at radius 1 is 1.40 bits per heavy atom. The summed E-state index contributed by atoms with van der Waals surface area (Å²) in [5, 5.41) is 0. The Hall–Kier alpha value is -1.11. The second kappa shape index (κ2) is 5.69. The molecule has 0 N–H and O–H groups in total. The lowest BCUT2D eigenvalue weighted by molar-refractivity contribution is 0.622. The van der Waals surface area contributed by atoms with Gasteiger partial charge >= 0.3 is 0 Å². The number of aryl methyl sites for hydroxylation is 1. The number of unbranched alkanes of at least 4 members (excludes halogenated alkanes) is 1. The van der Waals surface area contributed by atoms with Gasteiger partial charge in [-0.25, -0.2) is 4.39 Å². The van der Waals surface area contributed by atoms with Gasteiger partial charge in [-0.05, 0) is 36.1 Å². The predicted molar refractivity (Wildman–Crippen MR) is 63.2 cm³/mol. The monoisotopic (exact) mass is 205 g/mol. The zero-order valence-corrected chi connectivity index (χ0v) is 9.52. The molecule has 0 aromatic heterocycles. The molecule has 0 atom stereocenters. The Balaban J connectivity index is 2.89. The standard InChI is InChI=1S/C14H18F/c1-4-6-7-12-8-13(11(3)5-2)10-14(15)9-12/h5,8-10H,2,4,6-7H2,1,3H3. The van der Waals surface area contributed by atoms with Crippen molar-refractivity contribution < 1.29 is 4.39 Å². The summed E-state index contributed by atoms with van der Waals surface area (Å²) in [5.41, 5.74) is 2.02. The highest BCUT2D eigenvalue weighted by Gasteiger charge is 2.05. The summed E-state index contributed by atoms with van der Waals surface area (Å²) >= 11 is 0. The van der Waals surface area contributed by atoms with Crippen LogP contribution in [0.5, 0.6) is 0 Å². The van der Waals surface area contributed by atoms with Gasteiger partial charge in [0.15, 0.2) is 0 Å². The molecule has 1 aromatic rings. The summed E-state index contributed by atoms with van der Waals surface area (Å²) in [6.07, 6.45) is 4.95. The van der Waals surface area contributed by atoms with E-state index in [9.17, 15) is 4.39 Å². The molecule has 0 spiro atoms. The Morgan fingerprint density at radius 2 is 2.13 bits per heavy atom. The summed E-state index contributed by atoms with van der Waals surface area (Å²) in [6.45, 7) is 7.79. The van der Waals surface area contributed by atoms with E-state index >= 15 is 0 Å². The van der Waals surface area contributed by atoms with Crippen molar-refractivity contribution in [3.8, 4) is 0 Å². The highest BCUT2D eigenvalue weighted by atomic mass is 19.1. The summed E-state index contributed by atoms with van der Waals surface area (Å²) in [5.74, 6) is 0.868. The first-order chi connectivity index (χ1) is 7.17. The Bertz CT molecular complexity index is 328. The van der Waals surface area contributed by atoms with Crippen molar-refractivity contribution in [2.24, 2.45) is 0 Å². The van der Waals surface area contributed by atoms with Crippen LogP contribution in [0.3, 0.4) is 0 Å². The van der Waals surface area contributed by atoms with E-state index < -0.39 is 0 Å². The van der Waals surface area contributed by atoms with Gasteiger partial charge < -0.3 is 0 Å². The molecule has 0 unspecified atom stereocenters. The molecule has 0 aliphatic carbocycles. The van der Waals surface area contributed by atoms with Crippen LogP contribution in [0.1, 0.15) is 37.8 Å². The van der Waals surface area contributed by atoms with Crippen LogP contribution in [-0.2, 0) is 6.42 Å². The molecular formula is C14H18F. The van der Waals surface area contributed by atoms with E-state index in [1.807, 2.05) is 6.92 Å². The molecule has 0 amide bonds. The Morgan fingerprint density at radius 3 is 2.73 bits per heavy atom. The van der Waals surface area contributed by atoms with Gasteiger partial charge in [-0.3, -0.25) is 0 Å². The fourth-order valence-corrected chi connectivity index (χ4v) is 1.52. The Labute approximate surface area is 91.8 Å². The van der Waals surface area contributed by atoms with E-state index in [2.05, 4.69) is 19.6 Å². The molecular weight excluding hydrogens is 187 g/mol. The van der Waals surface area contributed by atoms with Crippen molar-refractivity contribution in [2.45, 2.75) is 33.1 Å². The molecule has 1 heteroatoms. The van der Waals surface area contributed by atoms with Crippen molar-refractivity contribution in [3.05, 3.63) is 53.7 Å². The first kappa shape index (κ1) is 12.0. The molecule has 0 saturated carbocycles. The molecule has 0 aliphatic rings. The summed E-state index contributed by atoms with van der Waals surface area (Å²) in [4.78, 5) is 0. The van der Waals surface area contributed by atoms with E-state index in [1.165, 1.54) is 0 Å². The van der Waals surface area contributed by atoms with E-state index in [1.54, 1.807) is 18.2 Å². The minimum atomic E-state index is -0.153. The van der Waals surface area contributed by atoms with E-state index in [0.717, 1.165) is 36.3 Å². The molecule has 1 rings (SSSR count). The van der Waals surface area contributed by atoms with E-state index in [4.69, 9.17) is 0 Å². The van der Waals surface area contributed by atoms with E-state index in [-0.39, 0.29) is 5.82 Å². The first-order valence-corrected chi connectivity index (χ1v) is 5.43. The maximum absolute atomic E-state index is 13.3. The topological polar surface area (TPSA) is 0 Å². The van der Waals surface area contributed by atoms with Crippen LogP contribution in [0.2, 0.25) is 0 Å². The fraction of sp³-hybridized carbons (Fsp3) is 0.357. The third kappa shape index (κ3) is 3.50. The van der Waals surface area contributed by atoms with Crippen LogP contribution in [0.25, 0.3) is 0 Å². The Kier molecular flexibility index (Phi) is 4.54. The van der Waals surface area contributed by atoms with Gasteiger partial charge in [-0.15, -0.1) is 6.58 Å². The zero-order valence-electron chi connectivity index (χ0n) is 9.52. The maximum Gasteiger partial charge on any atom is 0.123 e. The molecule has 1 radical (unpaired) electrons. The second-order valence-corrected chi connectivity index (χ2v) is 3.84. The van der Waals surface area contributed by atoms with Gasteiger partial charge in [0, 0.05) is 5.92 Å². The van der Waals surface area contributed by atoms with Crippen LogP contribution >= 0.6 is 0 Å². The molecule has 0 bridgehead atoms. The van der Waals surface area contributed by atoms with Gasteiger partial charge in [-0.2, -0.15) is 0 Å². The quantitative estimate of drug-likeness (QED) is 0.672. The highest BCUT2D eigenvalue weighted by molar-refractivity contribution is 5.38. The van der Waals surface area contributed by atoms with E-state index in [0.29, 0.717) is 0 Å². The third-order valence-corrected chi connectivity index (χ3v) is 2.54. The van der Waals surface area contributed by atoms with Gasteiger partial charge in [0.05, 0.1) is 0 Å². The molecule has 0 heterocycles. The lowest BCUT2D eigenvalue weighted by atomic mass is 9.97. The van der Waals surface area contributed by atoms with Crippen molar-refractivity contribution in [1.29, 1.82) is 0 Å². The van der Waals surface area contributed by atoms with Crippen molar-refractivity contribution in [1.82, 2.24) is 0 Å². The van der Waals surface area contributed by atoms with Crippen LogP contribution in [0, 0.1) is 11.7 Å². The minimum Gasteiger partial charge on any atom is -0.207 e. The number of allylic oxidation sites excluding steroid dienone is 1. The predicted octanol–water partition coefficient (Wildman–Crippen LogP) is 4.30. The molecule has 81 valence electrons. The zero-order chi connectivity index (χ0) is 11.3. The summed E-state index contributed by atoms with van der Waals surface area (Å²) < 4.78 is 13.3. The molecule has 0 fully saturated rings. The van der Waals surface area contributed by atoms with Crippen molar-refractivity contribution >= 4 is 0 Å². The number of hydrogen-bond donors (Lipinski definition) is 0. The second-order valence-electron chi connectivity index (χ2n) is 3.84. The average Bonchev–Trinajstić information content (AvgIpc) is 2.24. The van der Waals surface area contributed by atoms with Crippen molar-refractivity contribution in [2.75, 3.05) is 0 Å². The summed E-state index contributed by atoms with van der Waals surface area (Å²) in [7, 11) is 0. The van der Waals surface area contributed by atoms with Gasteiger partial charge in [-0.1, -0.05) is 32.4 Å². The number of hydrogen-bond acceptors (Lipinski definition) is 0. The SMILES string of the molecule is C=C[C](C)c1cc(F)cc(CCCC)c1. The first-order valence-electron chi connectivity index (χ1n) is 5.43. The molecule has 0 saturated heterocycles. The van der Waals surface area contributed by atoms with Gasteiger partial charge in [0.1, 0.15) is 5.82 Å². The molecule has 1 aromatic carbocycles. The smallest absolute Gasteiger partial charge is 0.123 e. The van der Waals surface area contributed by atoms with Crippen LogP contribution < -0.4 is 0 Å². The normalized spacial score (nSPS) is 10.7. The van der Waals surface area contributed by atoms with Crippen LogP contribution in [0.15, 0.2) is 30.9 Å². The number of benzene rings is 1. The highest BCUT2D eigenvalue weighted by Crippen LogP contribution is 2.19. The molecule has 0 nitrogen and oxygen atoms in total. The lowest BCUT2D eigenvalue weighted by Crippen LogP contribution is -1.95. The largest absolute Gasteiger partial charge is 0.207 e. The maximum atomic E-state index is 13.3. The number of rotatable bonds is 5. The van der Waals surface area contributed by atoms with Crippen LogP contribution in [0.4, 0.5) is 4.39 Å². The summed E-state index contributed by atoms with van der Waals surface area (Å²) in [6, 6.07) is 5.23. The average molecular weight is 205 g/mol. The fourth-order valence-electron chi connectivity index (χ4n) is 1.52. The van der Waals surface area contributed by atoms with Crippen molar-refractivity contribution in [3.63, 3.8) is 0 Å². The molecule has 15 heavy (non-hydrogen) atoms. The lowest BCUT2D eigenvalue weighted by Gasteiger charge is -2.08. The van der Waals surface area contributed by atoms with Gasteiger partial charge in [0.25, 0.3) is 0 Å².